The molecule has 0 amide bonds. The summed E-state index contributed by atoms with van der Waals surface area (Å²) in [7, 11) is 0. The van der Waals surface area contributed by atoms with Gasteiger partial charge in [-0.1, -0.05) is 49.4 Å². The number of rotatable bonds is 4. The van der Waals surface area contributed by atoms with Crippen LogP contribution >= 0.6 is 0 Å². The lowest BCUT2D eigenvalue weighted by atomic mass is 10.0. The van der Waals surface area contributed by atoms with Gasteiger partial charge in [-0.15, -0.1) is 10.2 Å². The summed E-state index contributed by atoms with van der Waals surface area (Å²) in [5.41, 5.74) is 1.28. The highest BCUT2D eigenvalue weighted by Crippen LogP contribution is 2.17. The third kappa shape index (κ3) is 2.50. The Hall–Kier alpha value is -2.16. The van der Waals surface area contributed by atoms with Crippen molar-refractivity contribution in [3.05, 3.63) is 60.2 Å². The van der Waals surface area contributed by atoms with E-state index < -0.39 is 0 Å². The number of hydrogen-bond acceptors (Lipinski definition) is 2. The molecule has 0 unspecified atom stereocenters. The standard InChI is InChI=1S/C16H17N3/c1-2-9-19-12-17-18-16(19)11-13-7-8-14-5-3-4-6-15(14)10-13/h3-8,10,12H,2,9,11H2,1H3. The Morgan fingerprint density at radius 3 is 2.74 bits per heavy atom. The van der Waals surface area contributed by atoms with E-state index in [0.717, 1.165) is 25.2 Å². The average Bonchev–Trinajstić information content (AvgIpc) is 2.86. The van der Waals surface area contributed by atoms with E-state index >= 15 is 0 Å². The zero-order chi connectivity index (χ0) is 13.1. The minimum atomic E-state index is 0.838. The monoisotopic (exact) mass is 251 g/mol. The van der Waals surface area contributed by atoms with Crippen LogP contribution in [0.5, 0.6) is 0 Å². The van der Waals surface area contributed by atoms with Crippen LogP contribution in [0.2, 0.25) is 0 Å². The number of nitrogens with zero attached hydrogens (tertiary/aromatic N) is 3. The summed E-state index contributed by atoms with van der Waals surface area (Å²) in [6.07, 6.45) is 3.76. The summed E-state index contributed by atoms with van der Waals surface area (Å²) < 4.78 is 2.13. The lowest BCUT2D eigenvalue weighted by molar-refractivity contribution is 0.646. The summed E-state index contributed by atoms with van der Waals surface area (Å²) in [4.78, 5) is 0. The first kappa shape index (κ1) is 11.9. The van der Waals surface area contributed by atoms with Gasteiger partial charge in [0, 0.05) is 13.0 Å². The molecule has 0 aliphatic rings. The van der Waals surface area contributed by atoms with Crippen molar-refractivity contribution in [1.29, 1.82) is 0 Å². The van der Waals surface area contributed by atoms with Gasteiger partial charge in [0.15, 0.2) is 0 Å². The molecule has 1 heterocycles. The normalized spacial score (nSPS) is 11.0. The third-order valence-corrected chi connectivity index (χ3v) is 3.34. The molecule has 2 aromatic carbocycles. The van der Waals surface area contributed by atoms with Gasteiger partial charge in [0.1, 0.15) is 12.2 Å². The van der Waals surface area contributed by atoms with Gasteiger partial charge in [-0.25, -0.2) is 0 Å². The van der Waals surface area contributed by atoms with Gasteiger partial charge in [0.05, 0.1) is 0 Å². The molecule has 3 nitrogen and oxygen atoms in total. The van der Waals surface area contributed by atoms with Gasteiger partial charge >= 0.3 is 0 Å². The summed E-state index contributed by atoms with van der Waals surface area (Å²) in [5, 5.41) is 10.8. The maximum Gasteiger partial charge on any atom is 0.137 e. The van der Waals surface area contributed by atoms with Crippen LogP contribution in [0.3, 0.4) is 0 Å². The number of benzene rings is 2. The molecule has 0 aliphatic carbocycles. The zero-order valence-electron chi connectivity index (χ0n) is 11.1. The Kier molecular flexibility index (Phi) is 3.27. The van der Waals surface area contributed by atoms with Crippen molar-refractivity contribution in [1.82, 2.24) is 14.8 Å². The largest absolute Gasteiger partial charge is 0.317 e. The lowest BCUT2D eigenvalue weighted by Crippen LogP contribution is -2.03. The highest BCUT2D eigenvalue weighted by Gasteiger charge is 2.05. The molecule has 0 N–H and O–H groups in total. The molecule has 0 bridgehead atoms. The second-order valence-corrected chi connectivity index (χ2v) is 4.80. The fraction of sp³-hybridized carbons (Fsp3) is 0.250. The van der Waals surface area contributed by atoms with Gasteiger partial charge in [0.25, 0.3) is 0 Å². The Balaban J connectivity index is 1.90. The van der Waals surface area contributed by atoms with E-state index in [2.05, 4.69) is 64.2 Å². The fourth-order valence-corrected chi connectivity index (χ4v) is 2.37. The molecule has 0 atom stereocenters. The molecule has 0 fully saturated rings. The van der Waals surface area contributed by atoms with E-state index in [9.17, 15) is 0 Å². The van der Waals surface area contributed by atoms with Crippen LogP contribution in [0.15, 0.2) is 48.8 Å². The highest BCUT2D eigenvalue weighted by molar-refractivity contribution is 5.83. The number of aromatic nitrogens is 3. The molecule has 3 rings (SSSR count). The number of hydrogen-bond donors (Lipinski definition) is 0. The van der Waals surface area contributed by atoms with E-state index in [4.69, 9.17) is 0 Å². The zero-order valence-corrected chi connectivity index (χ0v) is 11.1. The van der Waals surface area contributed by atoms with Crippen LogP contribution in [0.4, 0.5) is 0 Å². The molecule has 3 aromatic rings. The van der Waals surface area contributed by atoms with Crippen molar-refractivity contribution < 1.29 is 0 Å². The van der Waals surface area contributed by atoms with E-state index in [1.807, 2.05) is 6.33 Å². The van der Waals surface area contributed by atoms with E-state index in [0.29, 0.717) is 0 Å². The minimum absolute atomic E-state index is 0.838. The molecule has 19 heavy (non-hydrogen) atoms. The molecule has 1 aromatic heterocycles. The van der Waals surface area contributed by atoms with Gasteiger partial charge in [-0.3, -0.25) is 0 Å². The lowest BCUT2D eigenvalue weighted by Gasteiger charge is -2.06. The van der Waals surface area contributed by atoms with Crippen molar-refractivity contribution in [3.8, 4) is 0 Å². The average molecular weight is 251 g/mol. The van der Waals surface area contributed by atoms with Crippen molar-refractivity contribution in [2.24, 2.45) is 0 Å². The molecular weight excluding hydrogens is 234 g/mol. The Morgan fingerprint density at radius 2 is 1.89 bits per heavy atom. The quantitative estimate of drug-likeness (QED) is 0.711. The second-order valence-electron chi connectivity index (χ2n) is 4.80. The number of fused-ring (bicyclic) bond motifs is 1. The fourth-order valence-electron chi connectivity index (χ4n) is 2.37. The van der Waals surface area contributed by atoms with E-state index in [1.54, 1.807) is 0 Å². The van der Waals surface area contributed by atoms with Crippen LogP contribution in [0.1, 0.15) is 24.7 Å². The summed E-state index contributed by atoms with van der Waals surface area (Å²) in [6.45, 7) is 3.15. The molecule has 0 saturated heterocycles. The smallest absolute Gasteiger partial charge is 0.137 e. The molecule has 3 heteroatoms. The Labute approximate surface area is 112 Å². The van der Waals surface area contributed by atoms with Gasteiger partial charge in [-0.2, -0.15) is 0 Å². The Morgan fingerprint density at radius 1 is 1.05 bits per heavy atom. The van der Waals surface area contributed by atoms with Crippen molar-refractivity contribution in [3.63, 3.8) is 0 Å². The van der Waals surface area contributed by atoms with Gasteiger partial charge in [0.2, 0.25) is 0 Å². The summed E-state index contributed by atoms with van der Waals surface area (Å²) in [5.74, 6) is 1.04. The first-order chi connectivity index (χ1) is 9.36. The highest BCUT2D eigenvalue weighted by atomic mass is 15.3. The second kappa shape index (κ2) is 5.22. The van der Waals surface area contributed by atoms with Crippen molar-refractivity contribution in [2.45, 2.75) is 26.3 Å². The molecule has 0 spiro atoms. The molecule has 0 radical (unpaired) electrons. The van der Waals surface area contributed by atoms with Crippen molar-refractivity contribution in [2.75, 3.05) is 0 Å². The summed E-state index contributed by atoms with van der Waals surface area (Å²) in [6, 6.07) is 15.0. The van der Waals surface area contributed by atoms with Crippen molar-refractivity contribution >= 4 is 10.8 Å². The first-order valence-corrected chi connectivity index (χ1v) is 6.71. The van der Waals surface area contributed by atoms with Crippen LogP contribution in [0, 0.1) is 0 Å². The van der Waals surface area contributed by atoms with Crippen LogP contribution in [-0.4, -0.2) is 14.8 Å². The molecule has 0 aliphatic heterocycles. The molecular formula is C16H17N3. The topological polar surface area (TPSA) is 30.7 Å². The van der Waals surface area contributed by atoms with E-state index in [-0.39, 0.29) is 0 Å². The maximum absolute atomic E-state index is 4.22. The first-order valence-electron chi connectivity index (χ1n) is 6.71. The third-order valence-electron chi connectivity index (χ3n) is 3.34. The van der Waals surface area contributed by atoms with Crippen LogP contribution in [0.25, 0.3) is 10.8 Å². The molecule has 96 valence electrons. The predicted molar refractivity (Wildman–Crippen MR) is 77.1 cm³/mol. The number of aryl methyl sites for hydroxylation is 1. The van der Waals surface area contributed by atoms with Gasteiger partial charge in [-0.05, 0) is 22.8 Å². The maximum atomic E-state index is 4.22. The minimum Gasteiger partial charge on any atom is -0.317 e. The molecule has 0 saturated carbocycles. The summed E-state index contributed by atoms with van der Waals surface area (Å²) >= 11 is 0. The van der Waals surface area contributed by atoms with Crippen LogP contribution in [-0.2, 0) is 13.0 Å². The van der Waals surface area contributed by atoms with E-state index in [1.165, 1.54) is 16.3 Å². The van der Waals surface area contributed by atoms with Crippen LogP contribution < -0.4 is 0 Å². The van der Waals surface area contributed by atoms with Gasteiger partial charge < -0.3 is 4.57 Å². The SMILES string of the molecule is CCCn1cnnc1Cc1ccc2ccccc2c1. The predicted octanol–water partition coefficient (Wildman–Crippen LogP) is 3.43. The Bertz CT molecular complexity index is 685.